The Kier molecular flexibility index (Phi) is 8.19. The van der Waals surface area contributed by atoms with Gasteiger partial charge in [0.2, 0.25) is 0 Å². The molecule has 3 atom stereocenters. The Bertz CT molecular complexity index is 218. The van der Waals surface area contributed by atoms with E-state index in [2.05, 4.69) is 65.7 Å². The molecule has 0 aromatic heterocycles. The molecule has 0 spiro atoms. The van der Waals surface area contributed by atoms with Crippen LogP contribution in [-0.2, 0) is 0 Å². The van der Waals surface area contributed by atoms with Crippen molar-refractivity contribution in [3.05, 3.63) is 38.0 Å². The predicted molar refractivity (Wildman–Crippen MR) is 84.3 cm³/mol. The summed E-state index contributed by atoms with van der Waals surface area (Å²) >= 11 is -2.35. The minimum atomic E-state index is -2.35. The van der Waals surface area contributed by atoms with Gasteiger partial charge in [-0.3, -0.25) is 0 Å². The Morgan fingerprint density at radius 2 is 1.24 bits per heavy atom. The quantitative estimate of drug-likeness (QED) is 0.358. The van der Waals surface area contributed by atoms with Crippen LogP contribution >= 0.6 is 0 Å². The Balaban J connectivity index is 5.40. The molecule has 0 saturated heterocycles. The van der Waals surface area contributed by atoms with Crippen molar-refractivity contribution in [3.8, 4) is 0 Å². The van der Waals surface area contributed by atoms with Crippen LogP contribution in [0.2, 0.25) is 16.2 Å². The van der Waals surface area contributed by atoms with Crippen LogP contribution in [0.5, 0.6) is 0 Å². The van der Waals surface area contributed by atoms with Crippen LogP contribution < -0.4 is 0 Å². The first kappa shape index (κ1) is 17.0. The fourth-order valence-electron chi connectivity index (χ4n) is 3.07. The van der Waals surface area contributed by atoms with Gasteiger partial charge in [-0.2, -0.15) is 0 Å². The molecule has 0 bridgehead atoms. The molecule has 98 valence electrons. The van der Waals surface area contributed by atoms with Crippen LogP contribution in [0, 0.1) is 0 Å². The van der Waals surface area contributed by atoms with E-state index in [1.165, 1.54) is 17.3 Å². The summed E-state index contributed by atoms with van der Waals surface area (Å²) in [7, 11) is 0. The Hall–Kier alpha value is 0.0187. The molecule has 0 fully saturated rings. The average Bonchev–Trinajstić information content (AvgIpc) is 2.37. The Morgan fingerprint density at radius 3 is 1.47 bits per heavy atom. The molecule has 1 heteroatoms. The fourth-order valence-corrected chi connectivity index (χ4v) is 20.6. The summed E-state index contributed by atoms with van der Waals surface area (Å²) in [6, 6.07) is 0. The molecule has 3 unspecified atom stereocenters. The van der Waals surface area contributed by atoms with Crippen molar-refractivity contribution < 1.29 is 0 Å². The van der Waals surface area contributed by atoms with Crippen LogP contribution in [0.15, 0.2) is 38.0 Å². The zero-order valence-electron chi connectivity index (χ0n) is 12.2. The number of hydrogen-bond acceptors (Lipinski definition) is 0. The minimum absolute atomic E-state index is 0.692. The molecule has 0 aromatic rings. The van der Waals surface area contributed by atoms with Gasteiger partial charge in [0, 0.05) is 0 Å². The van der Waals surface area contributed by atoms with Gasteiger partial charge in [-0.1, -0.05) is 0 Å². The van der Waals surface area contributed by atoms with Crippen molar-refractivity contribution in [2.24, 2.45) is 0 Å². The zero-order chi connectivity index (χ0) is 13.5. The summed E-state index contributed by atoms with van der Waals surface area (Å²) in [5, 5.41) is 0. The third-order valence-electron chi connectivity index (χ3n) is 4.57. The maximum atomic E-state index is 4.05. The monoisotopic (exact) mass is 342 g/mol. The van der Waals surface area contributed by atoms with Gasteiger partial charge >= 0.3 is 113 Å². The van der Waals surface area contributed by atoms with E-state index in [9.17, 15) is 0 Å². The van der Waals surface area contributed by atoms with Crippen LogP contribution in [-0.4, -0.2) is 18.4 Å². The van der Waals surface area contributed by atoms with Gasteiger partial charge in [0.15, 0.2) is 0 Å². The van der Waals surface area contributed by atoms with Crippen molar-refractivity contribution >= 4 is 18.4 Å². The van der Waals surface area contributed by atoms with Crippen LogP contribution in [0.3, 0.4) is 0 Å². The summed E-state index contributed by atoms with van der Waals surface area (Å²) in [6.07, 6.45) is 9.20. The van der Waals surface area contributed by atoms with Crippen molar-refractivity contribution in [3.63, 3.8) is 0 Å². The number of unbranched alkanes of at least 4 members (excludes halogenated alkanes) is 1. The molecule has 0 saturated carbocycles. The molecular weight excluding hydrogens is 311 g/mol. The van der Waals surface area contributed by atoms with Gasteiger partial charge in [-0.05, 0) is 0 Å². The van der Waals surface area contributed by atoms with Crippen molar-refractivity contribution in [2.75, 3.05) is 0 Å². The molecular formula is C16H30Sn. The number of rotatable bonds is 9. The standard InChI is InChI=1S/C4H9.3C4H7.Sn/c4*1-3-4-2;/h1,3-4H2,2H3;3*3-4H,1H2,2H3;. The van der Waals surface area contributed by atoms with E-state index in [0.29, 0.717) is 11.8 Å². The Labute approximate surface area is 113 Å². The summed E-state index contributed by atoms with van der Waals surface area (Å²) in [4.78, 5) is 0. The summed E-state index contributed by atoms with van der Waals surface area (Å²) < 4.78 is 3.50. The van der Waals surface area contributed by atoms with Crippen LogP contribution in [0.1, 0.15) is 40.5 Å². The first-order valence-electron chi connectivity index (χ1n) is 6.88. The van der Waals surface area contributed by atoms with Gasteiger partial charge in [0.25, 0.3) is 0 Å². The Morgan fingerprint density at radius 1 is 0.882 bits per heavy atom. The van der Waals surface area contributed by atoms with E-state index < -0.39 is 18.4 Å². The van der Waals surface area contributed by atoms with Crippen LogP contribution in [0.4, 0.5) is 0 Å². The third kappa shape index (κ3) is 3.74. The molecule has 0 aliphatic heterocycles. The van der Waals surface area contributed by atoms with Gasteiger partial charge in [-0.25, -0.2) is 0 Å². The average molecular weight is 341 g/mol. The summed E-state index contributed by atoms with van der Waals surface area (Å²) in [6.45, 7) is 21.6. The summed E-state index contributed by atoms with van der Waals surface area (Å²) in [5.41, 5.74) is 0. The number of hydrogen-bond donors (Lipinski definition) is 0. The SMILES string of the molecule is C=C[CH](C)[Sn]([CH2]CCC)([CH](C)C=C)[CH](C)C=C. The molecule has 0 radical (unpaired) electrons. The van der Waals surface area contributed by atoms with E-state index in [0.717, 1.165) is 0 Å². The van der Waals surface area contributed by atoms with Crippen molar-refractivity contribution in [2.45, 2.75) is 56.8 Å². The molecule has 17 heavy (non-hydrogen) atoms. The molecule has 0 heterocycles. The van der Waals surface area contributed by atoms with E-state index in [-0.39, 0.29) is 0 Å². The molecule has 0 N–H and O–H groups in total. The topological polar surface area (TPSA) is 0 Å². The molecule has 0 aliphatic carbocycles. The molecule has 0 amide bonds. The second-order valence-electron chi connectivity index (χ2n) is 5.29. The van der Waals surface area contributed by atoms with E-state index in [4.69, 9.17) is 0 Å². The molecule has 0 nitrogen and oxygen atoms in total. The first-order valence-corrected chi connectivity index (χ1v) is 13.8. The van der Waals surface area contributed by atoms with Gasteiger partial charge in [0.1, 0.15) is 0 Å². The third-order valence-corrected chi connectivity index (χ3v) is 24.6. The molecule has 0 aromatic carbocycles. The van der Waals surface area contributed by atoms with Crippen molar-refractivity contribution in [1.82, 2.24) is 0 Å². The van der Waals surface area contributed by atoms with Gasteiger partial charge in [-0.15, -0.1) is 0 Å². The summed E-state index contributed by atoms with van der Waals surface area (Å²) in [5.74, 6) is 0. The zero-order valence-corrected chi connectivity index (χ0v) is 15.1. The molecule has 0 rings (SSSR count). The van der Waals surface area contributed by atoms with E-state index in [1.54, 1.807) is 0 Å². The van der Waals surface area contributed by atoms with Crippen LogP contribution in [0.25, 0.3) is 0 Å². The second kappa shape index (κ2) is 8.18. The fraction of sp³-hybridized carbons (Fsp3) is 0.625. The second-order valence-corrected chi connectivity index (χ2v) is 20.9. The number of allylic oxidation sites excluding steroid dienone is 3. The first-order chi connectivity index (χ1) is 8.00. The van der Waals surface area contributed by atoms with Crippen molar-refractivity contribution in [1.29, 1.82) is 0 Å². The van der Waals surface area contributed by atoms with E-state index >= 15 is 0 Å². The maximum absolute atomic E-state index is 4.05. The predicted octanol–water partition coefficient (Wildman–Crippen LogP) is 5.96. The van der Waals surface area contributed by atoms with E-state index in [1.807, 2.05) is 0 Å². The van der Waals surface area contributed by atoms with Gasteiger partial charge < -0.3 is 0 Å². The molecule has 0 aliphatic rings. The van der Waals surface area contributed by atoms with Gasteiger partial charge in [0.05, 0.1) is 0 Å². The normalized spacial score (nSPS) is 19.8.